The highest BCUT2D eigenvalue weighted by Crippen LogP contribution is 2.28. The average molecular weight is 290 g/mol. The van der Waals surface area contributed by atoms with E-state index in [2.05, 4.69) is 15.5 Å². The molecule has 0 aliphatic rings. The highest BCUT2D eigenvalue weighted by atomic mass is 32.2. The fraction of sp³-hybridized carbons (Fsp3) is 0.700. The van der Waals surface area contributed by atoms with Crippen LogP contribution in [0.2, 0.25) is 0 Å². The molecule has 2 N–H and O–H groups in total. The number of aliphatic carboxylic acids is 1. The van der Waals surface area contributed by atoms with Crippen LogP contribution in [-0.4, -0.2) is 53.7 Å². The molecule has 0 spiro atoms. The SMILES string of the molecule is CNC(C)(CCSc1nnc(N(C)C)s1)C(=O)O. The van der Waals surface area contributed by atoms with Crippen molar-refractivity contribution >= 4 is 34.2 Å². The molecule has 0 radical (unpaired) electrons. The lowest BCUT2D eigenvalue weighted by atomic mass is 10.00. The molecule has 6 nitrogen and oxygen atoms in total. The molecule has 0 aliphatic carbocycles. The molecule has 1 rings (SSSR count). The lowest BCUT2D eigenvalue weighted by Gasteiger charge is -2.23. The van der Waals surface area contributed by atoms with E-state index in [9.17, 15) is 4.79 Å². The summed E-state index contributed by atoms with van der Waals surface area (Å²) in [6.45, 7) is 1.68. The van der Waals surface area contributed by atoms with Crippen LogP contribution in [0, 0.1) is 0 Å². The highest BCUT2D eigenvalue weighted by molar-refractivity contribution is 8.01. The maximum atomic E-state index is 11.1. The molecule has 18 heavy (non-hydrogen) atoms. The Bertz CT molecular complexity index is 410. The van der Waals surface area contributed by atoms with Crippen LogP contribution in [0.1, 0.15) is 13.3 Å². The molecular formula is C10H18N4O2S2. The molecule has 1 aromatic rings. The molecule has 0 fully saturated rings. The molecule has 0 saturated carbocycles. The molecule has 1 atom stereocenters. The Labute approximate surface area is 115 Å². The number of carboxylic acid groups (broad SMARTS) is 1. The summed E-state index contributed by atoms with van der Waals surface area (Å²) in [5, 5.41) is 20.9. The summed E-state index contributed by atoms with van der Waals surface area (Å²) in [6, 6.07) is 0. The van der Waals surface area contributed by atoms with Gasteiger partial charge in [0, 0.05) is 19.8 Å². The van der Waals surface area contributed by atoms with Gasteiger partial charge in [0.25, 0.3) is 0 Å². The smallest absolute Gasteiger partial charge is 0.323 e. The highest BCUT2D eigenvalue weighted by Gasteiger charge is 2.30. The van der Waals surface area contributed by atoms with E-state index < -0.39 is 11.5 Å². The van der Waals surface area contributed by atoms with Gasteiger partial charge in [-0.1, -0.05) is 23.1 Å². The van der Waals surface area contributed by atoms with Crippen LogP contribution >= 0.6 is 23.1 Å². The maximum absolute atomic E-state index is 11.1. The first-order valence-electron chi connectivity index (χ1n) is 5.45. The van der Waals surface area contributed by atoms with Crippen molar-refractivity contribution in [3.05, 3.63) is 0 Å². The first-order valence-corrected chi connectivity index (χ1v) is 7.25. The summed E-state index contributed by atoms with van der Waals surface area (Å²) < 4.78 is 0.863. The minimum absolute atomic E-state index is 0.528. The van der Waals surface area contributed by atoms with Crippen molar-refractivity contribution in [1.82, 2.24) is 15.5 Å². The Hall–Kier alpha value is -0.860. The van der Waals surface area contributed by atoms with Gasteiger partial charge in [0.1, 0.15) is 5.54 Å². The van der Waals surface area contributed by atoms with Crippen molar-refractivity contribution in [3.8, 4) is 0 Å². The Morgan fingerprint density at radius 2 is 2.22 bits per heavy atom. The zero-order valence-corrected chi connectivity index (χ0v) is 12.6. The number of nitrogens with one attached hydrogen (secondary N) is 1. The number of nitrogens with zero attached hydrogens (tertiary/aromatic N) is 3. The van der Waals surface area contributed by atoms with Crippen LogP contribution < -0.4 is 10.2 Å². The van der Waals surface area contributed by atoms with E-state index in [0.717, 1.165) is 9.47 Å². The van der Waals surface area contributed by atoms with Gasteiger partial charge in [0.05, 0.1) is 0 Å². The van der Waals surface area contributed by atoms with Gasteiger partial charge >= 0.3 is 5.97 Å². The number of carbonyl (C=O) groups is 1. The van der Waals surface area contributed by atoms with Crippen LogP contribution in [0.5, 0.6) is 0 Å². The fourth-order valence-corrected chi connectivity index (χ4v) is 3.12. The molecule has 0 saturated heterocycles. The predicted molar refractivity (Wildman–Crippen MR) is 74.7 cm³/mol. The lowest BCUT2D eigenvalue weighted by Crippen LogP contribution is -2.47. The molecular weight excluding hydrogens is 272 g/mol. The molecule has 1 unspecified atom stereocenters. The molecule has 8 heteroatoms. The van der Waals surface area contributed by atoms with Crippen LogP contribution in [0.3, 0.4) is 0 Å². The summed E-state index contributed by atoms with van der Waals surface area (Å²) in [5.41, 5.74) is -0.887. The molecule has 0 amide bonds. The van der Waals surface area contributed by atoms with Gasteiger partial charge in [-0.25, -0.2) is 0 Å². The number of hydrogen-bond donors (Lipinski definition) is 2. The van der Waals surface area contributed by atoms with E-state index in [-0.39, 0.29) is 0 Å². The minimum atomic E-state index is -0.887. The van der Waals surface area contributed by atoms with E-state index in [4.69, 9.17) is 5.11 Å². The van der Waals surface area contributed by atoms with E-state index in [1.807, 2.05) is 19.0 Å². The van der Waals surface area contributed by atoms with Gasteiger partial charge in [-0.15, -0.1) is 10.2 Å². The van der Waals surface area contributed by atoms with Gasteiger partial charge in [0.15, 0.2) is 4.34 Å². The summed E-state index contributed by atoms with van der Waals surface area (Å²) in [6.07, 6.45) is 0.528. The maximum Gasteiger partial charge on any atom is 0.323 e. The van der Waals surface area contributed by atoms with Crippen LogP contribution in [-0.2, 0) is 4.79 Å². The van der Waals surface area contributed by atoms with Crippen molar-refractivity contribution in [2.45, 2.75) is 23.2 Å². The van der Waals surface area contributed by atoms with E-state index >= 15 is 0 Å². The second kappa shape index (κ2) is 6.35. The third-order valence-corrected chi connectivity index (χ3v) is 4.86. The first-order chi connectivity index (χ1) is 8.39. The van der Waals surface area contributed by atoms with Crippen LogP contribution in [0.15, 0.2) is 4.34 Å². The van der Waals surface area contributed by atoms with E-state index in [0.29, 0.717) is 12.2 Å². The second-order valence-electron chi connectivity index (χ2n) is 4.23. The Balaban J connectivity index is 2.48. The number of hydrogen-bond acceptors (Lipinski definition) is 7. The molecule has 1 heterocycles. The normalized spacial score (nSPS) is 14.2. The number of likely N-dealkylation sites (N-methyl/N-ethyl adjacent to an activating group) is 1. The molecule has 0 bridgehead atoms. The summed E-state index contributed by atoms with van der Waals surface area (Å²) in [5.74, 6) is -0.150. The van der Waals surface area contributed by atoms with Crippen molar-refractivity contribution in [2.75, 3.05) is 31.8 Å². The van der Waals surface area contributed by atoms with Crippen molar-refractivity contribution in [1.29, 1.82) is 0 Å². The summed E-state index contributed by atoms with van der Waals surface area (Å²) >= 11 is 3.04. The van der Waals surface area contributed by atoms with Crippen LogP contribution in [0.4, 0.5) is 5.13 Å². The van der Waals surface area contributed by atoms with Crippen molar-refractivity contribution in [3.63, 3.8) is 0 Å². The predicted octanol–water partition coefficient (Wildman–Crippen LogP) is 1.15. The van der Waals surface area contributed by atoms with Gasteiger partial charge in [-0.3, -0.25) is 4.79 Å². The van der Waals surface area contributed by atoms with E-state index in [1.54, 1.807) is 14.0 Å². The zero-order chi connectivity index (χ0) is 13.8. The van der Waals surface area contributed by atoms with Crippen molar-refractivity contribution < 1.29 is 9.90 Å². The zero-order valence-electron chi connectivity index (χ0n) is 10.9. The quantitative estimate of drug-likeness (QED) is 0.729. The molecule has 0 aromatic carbocycles. The van der Waals surface area contributed by atoms with Gasteiger partial charge in [-0.2, -0.15) is 0 Å². The number of rotatable bonds is 7. The monoisotopic (exact) mass is 290 g/mol. The van der Waals surface area contributed by atoms with Crippen LogP contribution in [0.25, 0.3) is 0 Å². The molecule has 102 valence electrons. The van der Waals surface area contributed by atoms with Gasteiger partial charge in [0.2, 0.25) is 5.13 Å². The number of anilines is 1. The van der Waals surface area contributed by atoms with E-state index in [1.165, 1.54) is 23.1 Å². The topological polar surface area (TPSA) is 78.4 Å². The third-order valence-electron chi connectivity index (χ3n) is 2.63. The number of carboxylic acids is 1. The lowest BCUT2D eigenvalue weighted by molar-refractivity contribution is -0.144. The molecule has 0 aliphatic heterocycles. The average Bonchev–Trinajstić information content (AvgIpc) is 2.77. The van der Waals surface area contributed by atoms with Gasteiger partial charge in [-0.05, 0) is 20.4 Å². The Morgan fingerprint density at radius 3 is 2.67 bits per heavy atom. The minimum Gasteiger partial charge on any atom is -0.480 e. The summed E-state index contributed by atoms with van der Waals surface area (Å²) in [4.78, 5) is 13.0. The third kappa shape index (κ3) is 3.82. The molecule has 1 aromatic heterocycles. The standard InChI is InChI=1S/C10H18N4O2S2/c1-10(11-2,7(15)16)5-6-17-9-13-12-8(18-9)14(3)4/h11H,5-6H2,1-4H3,(H,15,16). The number of thioether (sulfide) groups is 1. The van der Waals surface area contributed by atoms with Crippen molar-refractivity contribution in [2.24, 2.45) is 0 Å². The fourth-order valence-electron chi connectivity index (χ4n) is 1.12. The summed E-state index contributed by atoms with van der Waals surface area (Å²) in [7, 11) is 5.49. The Kier molecular flexibility index (Phi) is 5.36. The number of aromatic nitrogens is 2. The van der Waals surface area contributed by atoms with Gasteiger partial charge < -0.3 is 15.3 Å². The second-order valence-corrected chi connectivity index (χ2v) is 6.53. The first kappa shape index (κ1) is 15.2. The Morgan fingerprint density at radius 1 is 1.56 bits per heavy atom. The largest absolute Gasteiger partial charge is 0.480 e.